The zero-order valence-electron chi connectivity index (χ0n) is 11.8. The summed E-state index contributed by atoms with van der Waals surface area (Å²) in [5.74, 6) is -2.39. The molecule has 0 atom stereocenters. The number of nitrogens with one attached hydrogen (secondary N) is 1. The van der Waals surface area contributed by atoms with Gasteiger partial charge in [0.1, 0.15) is 11.6 Å². The summed E-state index contributed by atoms with van der Waals surface area (Å²) >= 11 is 0. The van der Waals surface area contributed by atoms with Crippen LogP contribution in [-0.4, -0.2) is 13.0 Å². The zero-order valence-corrected chi connectivity index (χ0v) is 11.8. The van der Waals surface area contributed by atoms with Crippen LogP contribution >= 0.6 is 0 Å². The van der Waals surface area contributed by atoms with E-state index in [-0.39, 0.29) is 24.3 Å². The van der Waals surface area contributed by atoms with Crippen molar-refractivity contribution >= 4 is 11.6 Å². The highest BCUT2D eigenvalue weighted by Crippen LogP contribution is 2.19. The van der Waals surface area contributed by atoms with Gasteiger partial charge >= 0.3 is 0 Å². The van der Waals surface area contributed by atoms with Gasteiger partial charge in [-0.15, -0.1) is 0 Å². The normalized spacial score (nSPS) is 10.4. The third kappa shape index (κ3) is 4.00. The summed E-state index contributed by atoms with van der Waals surface area (Å²) in [4.78, 5) is 11.7. The molecule has 0 heterocycles. The van der Waals surface area contributed by atoms with Crippen molar-refractivity contribution in [3.05, 3.63) is 59.4 Å². The van der Waals surface area contributed by atoms with E-state index in [1.807, 2.05) is 0 Å². The Morgan fingerprint density at radius 1 is 1.09 bits per heavy atom. The average molecular weight is 309 g/mol. The van der Waals surface area contributed by atoms with E-state index < -0.39 is 23.4 Å². The molecule has 0 unspecified atom stereocenters. The van der Waals surface area contributed by atoms with Crippen LogP contribution in [0.2, 0.25) is 0 Å². The molecule has 2 rings (SSSR count). The monoisotopic (exact) mass is 309 g/mol. The minimum absolute atomic E-state index is 0.0442. The second-order valence-corrected chi connectivity index (χ2v) is 4.64. The minimum atomic E-state index is -0.844. The molecule has 1 amide bonds. The fourth-order valence-electron chi connectivity index (χ4n) is 1.93. The first-order valence-electron chi connectivity index (χ1n) is 6.57. The van der Waals surface area contributed by atoms with E-state index in [1.165, 1.54) is 19.2 Å². The molecule has 0 fully saturated rings. The molecule has 0 aromatic heterocycles. The summed E-state index contributed by atoms with van der Waals surface area (Å²) in [7, 11) is 1.36. The fraction of sp³-hybridized carbons (Fsp3) is 0.188. The van der Waals surface area contributed by atoms with Crippen LogP contribution in [0.1, 0.15) is 12.0 Å². The van der Waals surface area contributed by atoms with Crippen molar-refractivity contribution in [3.63, 3.8) is 0 Å². The summed E-state index contributed by atoms with van der Waals surface area (Å²) < 4.78 is 44.5. The van der Waals surface area contributed by atoms with E-state index in [0.717, 1.165) is 12.1 Å². The molecule has 0 bridgehead atoms. The molecule has 0 spiro atoms. The van der Waals surface area contributed by atoms with Crippen molar-refractivity contribution in [1.82, 2.24) is 0 Å². The van der Waals surface area contributed by atoms with E-state index in [4.69, 9.17) is 4.74 Å². The molecule has 6 heteroatoms. The summed E-state index contributed by atoms with van der Waals surface area (Å²) in [5.41, 5.74) is 0.528. The lowest BCUT2D eigenvalue weighted by Gasteiger charge is -2.07. The number of halogens is 3. The maximum Gasteiger partial charge on any atom is 0.224 e. The van der Waals surface area contributed by atoms with E-state index in [0.29, 0.717) is 11.6 Å². The molecule has 22 heavy (non-hydrogen) atoms. The summed E-state index contributed by atoms with van der Waals surface area (Å²) in [5, 5.41) is 2.35. The molecule has 0 aliphatic carbocycles. The topological polar surface area (TPSA) is 38.3 Å². The smallest absolute Gasteiger partial charge is 0.224 e. The van der Waals surface area contributed by atoms with Crippen molar-refractivity contribution in [2.24, 2.45) is 0 Å². The third-order valence-electron chi connectivity index (χ3n) is 3.06. The van der Waals surface area contributed by atoms with Gasteiger partial charge in [0.15, 0.2) is 11.6 Å². The summed E-state index contributed by atoms with van der Waals surface area (Å²) in [6.07, 6.45) is 0.331. The van der Waals surface area contributed by atoms with Crippen LogP contribution in [0.25, 0.3) is 0 Å². The van der Waals surface area contributed by atoms with Crippen molar-refractivity contribution in [2.75, 3.05) is 12.4 Å². The maximum atomic E-state index is 13.5. The lowest BCUT2D eigenvalue weighted by Crippen LogP contribution is -2.13. The average Bonchev–Trinajstić information content (AvgIpc) is 2.48. The molecule has 3 nitrogen and oxygen atoms in total. The number of hydrogen-bond acceptors (Lipinski definition) is 2. The number of anilines is 1. The third-order valence-corrected chi connectivity index (χ3v) is 3.06. The standard InChI is InChI=1S/C16H14F3NO2/c1-22-15-6-2-10(8-13(15)19)3-7-16(21)20-14-5-4-11(17)9-12(14)18/h2,4-6,8-9H,3,7H2,1H3,(H,20,21). The summed E-state index contributed by atoms with van der Waals surface area (Å²) in [6.45, 7) is 0. The minimum Gasteiger partial charge on any atom is -0.494 e. The first-order valence-corrected chi connectivity index (χ1v) is 6.57. The molecule has 0 saturated carbocycles. The van der Waals surface area contributed by atoms with Crippen molar-refractivity contribution in [3.8, 4) is 5.75 Å². The van der Waals surface area contributed by atoms with Crippen molar-refractivity contribution in [2.45, 2.75) is 12.8 Å². The number of benzene rings is 2. The number of aryl methyl sites for hydroxylation is 1. The number of carbonyl (C=O) groups is 1. The second kappa shape index (κ2) is 6.98. The highest BCUT2D eigenvalue weighted by atomic mass is 19.1. The van der Waals surface area contributed by atoms with Gasteiger partial charge in [0, 0.05) is 12.5 Å². The van der Waals surface area contributed by atoms with E-state index in [1.54, 1.807) is 6.07 Å². The first kappa shape index (κ1) is 15.9. The van der Waals surface area contributed by atoms with Gasteiger partial charge in [0.25, 0.3) is 0 Å². The highest BCUT2D eigenvalue weighted by molar-refractivity contribution is 5.90. The number of amides is 1. The molecule has 0 aliphatic rings. The van der Waals surface area contributed by atoms with E-state index >= 15 is 0 Å². The predicted molar refractivity (Wildman–Crippen MR) is 76.3 cm³/mol. The van der Waals surface area contributed by atoms with Crippen molar-refractivity contribution < 1.29 is 22.7 Å². The van der Waals surface area contributed by atoms with Crippen LogP contribution in [0, 0.1) is 17.5 Å². The van der Waals surface area contributed by atoms with Crippen LogP contribution in [-0.2, 0) is 11.2 Å². The molecule has 0 saturated heterocycles. The maximum absolute atomic E-state index is 13.5. The molecular formula is C16H14F3NO2. The van der Waals surface area contributed by atoms with Gasteiger partial charge in [-0.3, -0.25) is 4.79 Å². The van der Waals surface area contributed by atoms with Crippen LogP contribution in [0.4, 0.5) is 18.9 Å². The Morgan fingerprint density at radius 2 is 1.86 bits per heavy atom. The Kier molecular flexibility index (Phi) is 5.04. The number of rotatable bonds is 5. The number of hydrogen-bond donors (Lipinski definition) is 1. The number of ether oxygens (including phenoxy) is 1. The molecule has 2 aromatic carbocycles. The Bertz CT molecular complexity index is 689. The highest BCUT2D eigenvalue weighted by Gasteiger charge is 2.09. The summed E-state index contributed by atoms with van der Waals surface area (Å²) in [6, 6.07) is 7.29. The van der Waals surface area contributed by atoms with Gasteiger partial charge in [0.2, 0.25) is 5.91 Å². The Balaban J connectivity index is 1.94. The van der Waals surface area contributed by atoms with E-state index in [9.17, 15) is 18.0 Å². The van der Waals surface area contributed by atoms with Gasteiger partial charge in [0.05, 0.1) is 12.8 Å². The molecular weight excluding hydrogens is 295 g/mol. The van der Waals surface area contributed by atoms with Crippen LogP contribution < -0.4 is 10.1 Å². The van der Waals surface area contributed by atoms with E-state index in [2.05, 4.69) is 5.32 Å². The Hall–Kier alpha value is -2.50. The van der Waals surface area contributed by atoms with Gasteiger partial charge in [-0.05, 0) is 36.2 Å². The van der Waals surface area contributed by atoms with Crippen LogP contribution in [0.15, 0.2) is 36.4 Å². The Labute approximate surface area is 125 Å². The van der Waals surface area contributed by atoms with Gasteiger partial charge in [-0.2, -0.15) is 0 Å². The SMILES string of the molecule is COc1ccc(CCC(=O)Nc2ccc(F)cc2F)cc1F. The first-order chi connectivity index (χ1) is 10.5. The molecule has 0 radical (unpaired) electrons. The lowest BCUT2D eigenvalue weighted by molar-refractivity contribution is -0.116. The molecule has 2 aromatic rings. The van der Waals surface area contributed by atoms with Gasteiger partial charge in [-0.25, -0.2) is 13.2 Å². The Morgan fingerprint density at radius 3 is 2.50 bits per heavy atom. The largest absolute Gasteiger partial charge is 0.494 e. The predicted octanol–water partition coefficient (Wildman–Crippen LogP) is 3.68. The van der Waals surface area contributed by atoms with Crippen LogP contribution in [0.3, 0.4) is 0 Å². The fourth-order valence-corrected chi connectivity index (χ4v) is 1.93. The molecule has 116 valence electrons. The number of methoxy groups -OCH3 is 1. The molecule has 1 N–H and O–H groups in total. The lowest BCUT2D eigenvalue weighted by atomic mass is 10.1. The second-order valence-electron chi connectivity index (χ2n) is 4.64. The van der Waals surface area contributed by atoms with Gasteiger partial charge < -0.3 is 10.1 Å². The number of carbonyl (C=O) groups excluding carboxylic acids is 1. The van der Waals surface area contributed by atoms with Crippen LogP contribution in [0.5, 0.6) is 5.75 Å². The quantitative estimate of drug-likeness (QED) is 0.915. The molecule has 0 aliphatic heterocycles. The van der Waals surface area contributed by atoms with Crippen molar-refractivity contribution in [1.29, 1.82) is 0 Å². The zero-order chi connectivity index (χ0) is 16.1. The van der Waals surface area contributed by atoms with Gasteiger partial charge in [-0.1, -0.05) is 6.07 Å².